The maximum Gasteiger partial charge on any atom is 0.132 e. The summed E-state index contributed by atoms with van der Waals surface area (Å²) < 4.78 is 18.5. The van der Waals surface area contributed by atoms with Gasteiger partial charge in [-0.15, -0.1) is 0 Å². The van der Waals surface area contributed by atoms with E-state index in [0.717, 1.165) is 16.7 Å². The Morgan fingerprint density at radius 1 is 1.30 bits per heavy atom. The number of morpholine rings is 1. The highest BCUT2D eigenvalue weighted by molar-refractivity contribution is 6.07. The lowest BCUT2D eigenvalue weighted by Gasteiger charge is -2.29. The standard InChI is InChI=1S/C17H19FN4O/c1-2-20-17-15(16(19)22-7-9-23-10-8-22)14(11-21-17)12-3-5-13(18)6-4-12/h2-6,11,19-21H,1,7-10H2. The molecule has 1 aromatic heterocycles. The van der Waals surface area contributed by atoms with E-state index < -0.39 is 0 Å². The second kappa shape index (κ2) is 6.66. The molecule has 1 fully saturated rings. The molecule has 23 heavy (non-hydrogen) atoms. The highest BCUT2D eigenvalue weighted by atomic mass is 19.1. The second-order valence-electron chi connectivity index (χ2n) is 5.26. The van der Waals surface area contributed by atoms with Gasteiger partial charge in [-0.25, -0.2) is 4.39 Å². The van der Waals surface area contributed by atoms with Gasteiger partial charge in [-0.3, -0.25) is 5.41 Å². The van der Waals surface area contributed by atoms with Crippen LogP contribution in [-0.2, 0) is 4.74 Å². The van der Waals surface area contributed by atoms with Crippen molar-refractivity contribution in [1.82, 2.24) is 9.88 Å². The first-order valence-corrected chi connectivity index (χ1v) is 7.47. The van der Waals surface area contributed by atoms with Crippen LogP contribution in [0, 0.1) is 11.2 Å². The van der Waals surface area contributed by atoms with Gasteiger partial charge in [0.15, 0.2) is 0 Å². The molecule has 1 aromatic carbocycles. The minimum absolute atomic E-state index is 0.279. The number of nitrogens with one attached hydrogen (secondary N) is 3. The lowest BCUT2D eigenvalue weighted by molar-refractivity contribution is 0.0680. The van der Waals surface area contributed by atoms with Crippen molar-refractivity contribution in [3.8, 4) is 11.1 Å². The van der Waals surface area contributed by atoms with Crippen LogP contribution in [0.3, 0.4) is 0 Å². The summed E-state index contributed by atoms with van der Waals surface area (Å²) in [7, 11) is 0. The first-order chi connectivity index (χ1) is 11.2. The molecule has 2 aromatic rings. The van der Waals surface area contributed by atoms with Gasteiger partial charge in [0.05, 0.1) is 18.8 Å². The zero-order chi connectivity index (χ0) is 16.2. The molecule has 120 valence electrons. The summed E-state index contributed by atoms with van der Waals surface area (Å²) in [4.78, 5) is 5.11. The molecular formula is C17H19FN4O. The molecule has 6 heteroatoms. The van der Waals surface area contributed by atoms with Gasteiger partial charge < -0.3 is 19.9 Å². The van der Waals surface area contributed by atoms with Crippen molar-refractivity contribution in [2.45, 2.75) is 0 Å². The summed E-state index contributed by atoms with van der Waals surface area (Å²) in [5, 5.41) is 11.6. The highest BCUT2D eigenvalue weighted by Crippen LogP contribution is 2.31. The number of ether oxygens (including phenoxy) is 1. The maximum atomic E-state index is 13.2. The molecule has 1 saturated heterocycles. The minimum Gasteiger partial charge on any atom is -0.378 e. The van der Waals surface area contributed by atoms with Crippen molar-refractivity contribution in [2.75, 3.05) is 31.6 Å². The number of aromatic amines is 1. The molecule has 1 aliphatic heterocycles. The van der Waals surface area contributed by atoms with E-state index in [9.17, 15) is 4.39 Å². The van der Waals surface area contributed by atoms with Crippen LogP contribution in [0.1, 0.15) is 5.56 Å². The second-order valence-corrected chi connectivity index (χ2v) is 5.26. The number of benzene rings is 1. The summed E-state index contributed by atoms with van der Waals surface area (Å²) in [6, 6.07) is 6.27. The molecule has 0 atom stereocenters. The number of hydrogen-bond acceptors (Lipinski definition) is 3. The van der Waals surface area contributed by atoms with Crippen molar-refractivity contribution in [2.24, 2.45) is 0 Å². The van der Waals surface area contributed by atoms with E-state index in [-0.39, 0.29) is 5.82 Å². The van der Waals surface area contributed by atoms with Crippen LogP contribution in [0.5, 0.6) is 0 Å². The fourth-order valence-corrected chi connectivity index (χ4v) is 2.69. The fourth-order valence-electron chi connectivity index (χ4n) is 2.69. The zero-order valence-electron chi connectivity index (χ0n) is 12.7. The first-order valence-electron chi connectivity index (χ1n) is 7.47. The Morgan fingerprint density at radius 3 is 2.65 bits per heavy atom. The predicted octanol–water partition coefficient (Wildman–Crippen LogP) is 3.03. The Balaban J connectivity index is 2.01. The van der Waals surface area contributed by atoms with E-state index in [0.29, 0.717) is 38.0 Å². The largest absolute Gasteiger partial charge is 0.378 e. The van der Waals surface area contributed by atoms with Crippen LogP contribution in [0.25, 0.3) is 11.1 Å². The summed E-state index contributed by atoms with van der Waals surface area (Å²) in [6.07, 6.45) is 3.39. The Hall–Kier alpha value is -2.60. The average molecular weight is 314 g/mol. The molecule has 1 aliphatic rings. The molecule has 0 amide bonds. The van der Waals surface area contributed by atoms with E-state index in [1.807, 2.05) is 11.1 Å². The molecule has 0 aliphatic carbocycles. The van der Waals surface area contributed by atoms with E-state index in [4.69, 9.17) is 10.1 Å². The summed E-state index contributed by atoms with van der Waals surface area (Å²) in [5.41, 5.74) is 2.46. The Morgan fingerprint density at radius 2 is 2.00 bits per heavy atom. The summed E-state index contributed by atoms with van der Waals surface area (Å²) in [6.45, 7) is 6.27. The molecule has 0 saturated carbocycles. The number of hydrogen-bond donors (Lipinski definition) is 3. The summed E-state index contributed by atoms with van der Waals surface area (Å²) >= 11 is 0. The fraction of sp³-hybridized carbons (Fsp3) is 0.235. The lowest BCUT2D eigenvalue weighted by atomic mass is 10.0. The van der Waals surface area contributed by atoms with E-state index in [2.05, 4.69) is 16.9 Å². The van der Waals surface area contributed by atoms with E-state index >= 15 is 0 Å². The third-order valence-corrected chi connectivity index (χ3v) is 3.85. The van der Waals surface area contributed by atoms with Crippen LogP contribution in [0.2, 0.25) is 0 Å². The number of rotatable bonds is 4. The third-order valence-electron chi connectivity index (χ3n) is 3.85. The predicted molar refractivity (Wildman–Crippen MR) is 89.2 cm³/mol. The Labute approximate surface area is 134 Å². The van der Waals surface area contributed by atoms with E-state index in [1.54, 1.807) is 18.3 Å². The quantitative estimate of drug-likeness (QED) is 0.600. The van der Waals surface area contributed by atoms with Gasteiger partial charge in [-0.2, -0.15) is 0 Å². The molecule has 0 unspecified atom stereocenters. The molecule has 0 radical (unpaired) electrons. The average Bonchev–Trinajstić information content (AvgIpc) is 3.00. The molecule has 3 rings (SSSR count). The van der Waals surface area contributed by atoms with Crippen LogP contribution in [0.4, 0.5) is 10.2 Å². The number of H-pyrrole nitrogens is 1. The van der Waals surface area contributed by atoms with Crippen molar-refractivity contribution >= 4 is 11.7 Å². The highest BCUT2D eigenvalue weighted by Gasteiger charge is 2.22. The topological polar surface area (TPSA) is 64.1 Å². The Kier molecular flexibility index (Phi) is 4.43. The molecule has 2 heterocycles. The minimum atomic E-state index is -0.279. The number of anilines is 1. The van der Waals surface area contributed by atoms with Crippen molar-refractivity contribution in [3.63, 3.8) is 0 Å². The van der Waals surface area contributed by atoms with Crippen LogP contribution < -0.4 is 5.32 Å². The summed E-state index contributed by atoms with van der Waals surface area (Å²) in [5.74, 6) is 0.840. The number of aromatic nitrogens is 1. The molecule has 0 spiro atoms. The monoisotopic (exact) mass is 314 g/mol. The van der Waals surface area contributed by atoms with Gasteiger partial charge in [0.25, 0.3) is 0 Å². The van der Waals surface area contributed by atoms with Crippen LogP contribution in [-0.4, -0.2) is 42.0 Å². The Bertz CT molecular complexity index is 702. The molecule has 5 nitrogen and oxygen atoms in total. The smallest absolute Gasteiger partial charge is 0.132 e. The van der Waals surface area contributed by atoms with Gasteiger partial charge in [-0.05, 0) is 23.9 Å². The molecular weight excluding hydrogens is 295 g/mol. The first kappa shape index (κ1) is 15.3. The molecule has 3 N–H and O–H groups in total. The number of nitrogens with zero attached hydrogens (tertiary/aromatic N) is 1. The van der Waals surface area contributed by atoms with Crippen molar-refractivity contribution in [1.29, 1.82) is 5.41 Å². The molecule has 0 bridgehead atoms. The van der Waals surface area contributed by atoms with Gasteiger partial charge >= 0.3 is 0 Å². The van der Waals surface area contributed by atoms with Gasteiger partial charge in [0.2, 0.25) is 0 Å². The van der Waals surface area contributed by atoms with Gasteiger partial charge in [0, 0.05) is 24.8 Å². The third kappa shape index (κ3) is 3.12. The normalized spacial score (nSPS) is 14.6. The number of amidine groups is 1. The maximum absolute atomic E-state index is 13.2. The SMILES string of the molecule is C=CNc1[nH]cc(-c2ccc(F)cc2)c1C(=N)N1CCOCC1. The van der Waals surface area contributed by atoms with Crippen LogP contribution in [0.15, 0.2) is 43.2 Å². The lowest BCUT2D eigenvalue weighted by Crippen LogP contribution is -2.41. The van der Waals surface area contributed by atoms with Crippen molar-refractivity contribution in [3.05, 3.63) is 54.6 Å². The number of halogens is 1. The van der Waals surface area contributed by atoms with Gasteiger partial charge in [-0.1, -0.05) is 18.7 Å². The van der Waals surface area contributed by atoms with E-state index in [1.165, 1.54) is 12.1 Å². The van der Waals surface area contributed by atoms with Crippen molar-refractivity contribution < 1.29 is 9.13 Å². The zero-order valence-corrected chi connectivity index (χ0v) is 12.7. The van der Waals surface area contributed by atoms with Gasteiger partial charge in [0.1, 0.15) is 17.5 Å². The van der Waals surface area contributed by atoms with Crippen LogP contribution >= 0.6 is 0 Å².